The van der Waals surface area contributed by atoms with Crippen LogP contribution >= 0.6 is 11.8 Å². The quantitative estimate of drug-likeness (QED) is 0.409. The molecule has 0 spiro atoms. The van der Waals surface area contributed by atoms with Crippen LogP contribution in [0.25, 0.3) is 0 Å². The number of hydrogen-bond acceptors (Lipinski definition) is 1. The van der Waals surface area contributed by atoms with Gasteiger partial charge in [-0.05, 0) is 5.75 Å². The third-order valence-corrected chi connectivity index (χ3v) is 2.30. The van der Waals surface area contributed by atoms with Crippen LogP contribution in [0.5, 0.6) is 0 Å². The Morgan fingerprint density at radius 3 is 1.92 bits per heavy atom. The van der Waals surface area contributed by atoms with Crippen LogP contribution in [-0.2, 0) is 0 Å². The largest absolute Gasteiger partial charge is 0.204 e. The van der Waals surface area contributed by atoms with E-state index in [4.69, 9.17) is 0 Å². The molecule has 1 aromatic rings. The molecule has 5 heteroatoms. The van der Waals surface area contributed by atoms with Gasteiger partial charge in [-0.3, -0.25) is 0 Å². The van der Waals surface area contributed by atoms with Crippen molar-refractivity contribution in [1.82, 2.24) is 0 Å². The fraction of sp³-hybridized carbons (Fsp3) is 0.250. The molecule has 0 saturated heterocycles. The number of rotatable bonds is 2. The van der Waals surface area contributed by atoms with E-state index in [9.17, 15) is 17.6 Å². The molecule has 13 heavy (non-hydrogen) atoms. The van der Waals surface area contributed by atoms with Gasteiger partial charge >= 0.3 is 0 Å². The Kier molecular flexibility index (Phi) is 3.19. The van der Waals surface area contributed by atoms with Crippen LogP contribution in [-0.4, -0.2) is 5.75 Å². The lowest BCUT2D eigenvalue weighted by molar-refractivity contribution is 0.426. The first-order valence-corrected chi connectivity index (χ1v) is 4.52. The van der Waals surface area contributed by atoms with E-state index < -0.39 is 28.2 Å². The molecule has 0 N–H and O–H groups in total. The van der Waals surface area contributed by atoms with Gasteiger partial charge in [-0.2, -0.15) is 0 Å². The molecule has 0 nitrogen and oxygen atoms in total. The molecule has 72 valence electrons. The summed E-state index contributed by atoms with van der Waals surface area (Å²) < 4.78 is 50.8. The Labute approximate surface area is 76.9 Å². The summed E-state index contributed by atoms with van der Waals surface area (Å²) >= 11 is 0.727. The highest BCUT2D eigenvalue weighted by molar-refractivity contribution is 7.99. The van der Waals surface area contributed by atoms with Crippen LogP contribution in [0.15, 0.2) is 11.0 Å². The predicted octanol–water partition coefficient (Wildman–Crippen LogP) is 3.36. The lowest BCUT2D eigenvalue weighted by Crippen LogP contribution is -1.97. The zero-order valence-electron chi connectivity index (χ0n) is 6.70. The summed E-state index contributed by atoms with van der Waals surface area (Å²) in [5.41, 5.74) is 0. The Morgan fingerprint density at radius 2 is 1.54 bits per heavy atom. The first-order valence-electron chi connectivity index (χ1n) is 3.53. The fourth-order valence-corrected chi connectivity index (χ4v) is 1.56. The van der Waals surface area contributed by atoms with Gasteiger partial charge in [0.25, 0.3) is 0 Å². The molecule has 0 atom stereocenters. The molecule has 0 radical (unpaired) electrons. The highest BCUT2D eigenvalue weighted by Gasteiger charge is 2.18. The van der Waals surface area contributed by atoms with E-state index in [0.717, 1.165) is 11.8 Å². The van der Waals surface area contributed by atoms with Crippen molar-refractivity contribution in [3.8, 4) is 0 Å². The van der Waals surface area contributed by atoms with Crippen molar-refractivity contribution in [1.29, 1.82) is 0 Å². The Morgan fingerprint density at radius 1 is 1.08 bits per heavy atom. The first-order chi connectivity index (χ1) is 6.07. The van der Waals surface area contributed by atoms with Gasteiger partial charge in [0.1, 0.15) is 0 Å². The second-order valence-corrected chi connectivity index (χ2v) is 3.50. The standard InChI is InChI=1S/C8H6F4S/c1-2-13-8-6(11)4(9)3-5(10)7(8)12/h3H,2H2,1H3. The van der Waals surface area contributed by atoms with Crippen molar-refractivity contribution >= 4 is 11.8 Å². The highest BCUT2D eigenvalue weighted by atomic mass is 32.2. The minimum atomic E-state index is -1.37. The molecule has 0 aromatic heterocycles. The molecule has 0 fully saturated rings. The average Bonchev–Trinajstić information content (AvgIpc) is 2.09. The minimum Gasteiger partial charge on any atom is -0.204 e. The topological polar surface area (TPSA) is 0 Å². The van der Waals surface area contributed by atoms with Gasteiger partial charge in [-0.15, -0.1) is 11.8 Å². The zero-order chi connectivity index (χ0) is 10.0. The molecule has 0 bridgehead atoms. The molecule has 0 amide bonds. The van der Waals surface area contributed by atoms with E-state index in [2.05, 4.69) is 0 Å². The summed E-state index contributed by atoms with van der Waals surface area (Å²) in [5, 5.41) is 0. The van der Waals surface area contributed by atoms with Gasteiger partial charge in [-0.25, -0.2) is 17.6 Å². The third kappa shape index (κ3) is 1.96. The number of halogens is 4. The molecule has 1 aromatic carbocycles. The summed E-state index contributed by atoms with van der Waals surface area (Å²) in [5.74, 6) is -5.04. The van der Waals surface area contributed by atoms with Crippen molar-refractivity contribution in [2.75, 3.05) is 5.75 Å². The van der Waals surface area contributed by atoms with Crippen LogP contribution in [0, 0.1) is 23.3 Å². The average molecular weight is 210 g/mol. The smallest absolute Gasteiger partial charge is 0.175 e. The van der Waals surface area contributed by atoms with Crippen molar-refractivity contribution < 1.29 is 17.6 Å². The number of thioether (sulfide) groups is 1. The molecule has 0 saturated carbocycles. The number of hydrogen-bond donors (Lipinski definition) is 0. The van der Waals surface area contributed by atoms with Gasteiger partial charge in [-0.1, -0.05) is 6.92 Å². The Hall–Kier alpha value is -0.710. The van der Waals surface area contributed by atoms with Crippen LogP contribution in [0.2, 0.25) is 0 Å². The molecule has 1 rings (SSSR count). The van der Waals surface area contributed by atoms with E-state index in [0.29, 0.717) is 5.75 Å². The summed E-state index contributed by atoms with van der Waals surface area (Å²) in [6.07, 6.45) is 0. The SMILES string of the molecule is CCSc1c(F)c(F)cc(F)c1F. The van der Waals surface area contributed by atoms with Gasteiger partial charge in [0.05, 0.1) is 4.90 Å². The Bertz CT molecular complexity index is 298. The van der Waals surface area contributed by atoms with Crippen LogP contribution in [0.1, 0.15) is 6.92 Å². The van der Waals surface area contributed by atoms with Gasteiger partial charge in [0.15, 0.2) is 23.3 Å². The van der Waals surface area contributed by atoms with Crippen molar-refractivity contribution in [3.63, 3.8) is 0 Å². The molecule has 0 aliphatic rings. The minimum absolute atomic E-state index is 0.199. The summed E-state index contributed by atoms with van der Waals surface area (Å²) in [6.45, 7) is 1.63. The van der Waals surface area contributed by atoms with E-state index in [1.165, 1.54) is 0 Å². The summed E-state index contributed by atoms with van der Waals surface area (Å²) in [6, 6.07) is 0.199. The maximum Gasteiger partial charge on any atom is 0.175 e. The van der Waals surface area contributed by atoms with Gasteiger partial charge < -0.3 is 0 Å². The van der Waals surface area contributed by atoms with E-state index in [-0.39, 0.29) is 6.07 Å². The van der Waals surface area contributed by atoms with E-state index in [1.54, 1.807) is 6.92 Å². The van der Waals surface area contributed by atoms with Crippen molar-refractivity contribution in [2.45, 2.75) is 11.8 Å². The molecule has 0 aliphatic heterocycles. The molecular weight excluding hydrogens is 204 g/mol. The predicted molar refractivity (Wildman–Crippen MR) is 42.7 cm³/mol. The molecular formula is C8H6F4S. The summed E-state index contributed by atoms with van der Waals surface area (Å²) in [4.78, 5) is -0.597. The van der Waals surface area contributed by atoms with Crippen LogP contribution in [0.4, 0.5) is 17.6 Å². The van der Waals surface area contributed by atoms with E-state index in [1.807, 2.05) is 0 Å². The number of benzene rings is 1. The van der Waals surface area contributed by atoms with Gasteiger partial charge in [0.2, 0.25) is 0 Å². The lowest BCUT2D eigenvalue weighted by Gasteiger charge is -2.04. The molecule has 0 aliphatic carbocycles. The van der Waals surface area contributed by atoms with Gasteiger partial charge in [0, 0.05) is 6.07 Å². The van der Waals surface area contributed by atoms with E-state index >= 15 is 0 Å². The molecule has 0 unspecified atom stereocenters. The second-order valence-electron chi connectivity index (χ2n) is 2.23. The van der Waals surface area contributed by atoms with Crippen LogP contribution < -0.4 is 0 Å². The Balaban J connectivity index is 3.28. The molecule has 0 heterocycles. The lowest BCUT2D eigenvalue weighted by atomic mass is 10.3. The second kappa shape index (κ2) is 4.00. The zero-order valence-corrected chi connectivity index (χ0v) is 7.52. The normalized spacial score (nSPS) is 10.5. The highest BCUT2D eigenvalue weighted by Crippen LogP contribution is 2.28. The monoisotopic (exact) mass is 210 g/mol. The maximum atomic E-state index is 12.8. The van der Waals surface area contributed by atoms with Crippen molar-refractivity contribution in [3.05, 3.63) is 29.3 Å². The fourth-order valence-electron chi connectivity index (χ4n) is 0.822. The first kappa shape index (κ1) is 10.4. The third-order valence-electron chi connectivity index (χ3n) is 1.36. The van der Waals surface area contributed by atoms with Crippen molar-refractivity contribution in [2.24, 2.45) is 0 Å². The van der Waals surface area contributed by atoms with Crippen LogP contribution in [0.3, 0.4) is 0 Å². The maximum absolute atomic E-state index is 12.8. The summed E-state index contributed by atoms with van der Waals surface area (Å²) in [7, 11) is 0.